The summed E-state index contributed by atoms with van der Waals surface area (Å²) >= 11 is 0. The number of carbonyl (C=O) groups is 3. The number of carboxylic acids is 2. The van der Waals surface area contributed by atoms with E-state index in [0.29, 0.717) is 22.3 Å². The van der Waals surface area contributed by atoms with Crippen LogP contribution in [0.1, 0.15) is 22.3 Å². The number of carbonyl (C=O) groups excluding carboxylic acids is 1. The zero-order valence-electron chi connectivity index (χ0n) is 16.9. The normalized spacial score (nSPS) is 21.8. The molecule has 3 aromatic carbocycles. The summed E-state index contributed by atoms with van der Waals surface area (Å²) < 4.78 is 11.8. The third kappa shape index (κ3) is 3.28. The molecular weight excluding hydrogens is 412 g/mol. The first kappa shape index (κ1) is 21.4. The van der Waals surface area contributed by atoms with Crippen LogP contribution in [0.25, 0.3) is 0 Å². The molecule has 0 heterocycles. The lowest BCUT2D eigenvalue weighted by molar-refractivity contribution is -0.166. The van der Waals surface area contributed by atoms with E-state index in [9.17, 15) is 24.6 Å². The molecule has 2 N–H and O–H groups in total. The average Bonchev–Trinajstić information content (AvgIpc) is 3.03. The summed E-state index contributed by atoms with van der Waals surface area (Å²) in [7, 11) is 0. The van der Waals surface area contributed by atoms with Gasteiger partial charge < -0.3 is 19.7 Å². The van der Waals surface area contributed by atoms with Gasteiger partial charge in [-0.1, -0.05) is 84.9 Å². The molecule has 0 radical (unpaired) electrons. The van der Waals surface area contributed by atoms with Crippen molar-refractivity contribution in [2.24, 2.45) is 0 Å². The van der Waals surface area contributed by atoms with Crippen molar-refractivity contribution in [3.8, 4) is 0 Å². The number of aliphatic carboxylic acids is 2. The van der Waals surface area contributed by atoms with E-state index in [1.54, 1.807) is 84.9 Å². The molecule has 3 aromatic rings. The summed E-state index contributed by atoms with van der Waals surface area (Å²) in [5.41, 5.74) is -1.93. The van der Waals surface area contributed by atoms with Crippen LogP contribution in [-0.4, -0.2) is 41.1 Å². The van der Waals surface area contributed by atoms with E-state index >= 15 is 0 Å². The zero-order valence-corrected chi connectivity index (χ0v) is 16.9. The lowest BCUT2D eigenvalue weighted by atomic mass is 9.82. The lowest BCUT2D eigenvalue weighted by Gasteiger charge is -2.33. The van der Waals surface area contributed by atoms with Crippen molar-refractivity contribution in [3.05, 3.63) is 107 Å². The number of hydrogen-bond acceptors (Lipinski definition) is 5. The van der Waals surface area contributed by atoms with Gasteiger partial charge in [-0.15, -0.1) is 0 Å². The maximum absolute atomic E-state index is 14.4. The molecule has 7 nitrogen and oxygen atoms in total. The molecule has 0 spiro atoms. The Labute approximate surface area is 183 Å². The van der Waals surface area contributed by atoms with Gasteiger partial charge in [0.25, 0.3) is 0 Å². The van der Waals surface area contributed by atoms with Gasteiger partial charge in [-0.05, 0) is 11.1 Å². The van der Waals surface area contributed by atoms with E-state index in [0.717, 1.165) is 0 Å². The van der Waals surface area contributed by atoms with Crippen molar-refractivity contribution in [1.82, 2.24) is 0 Å². The fraction of sp³-hybridized carbons (Fsp3) is 0.160. The van der Waals surface area contributed by atoms with Crippen LogP contribution < -0.4 is 0 Å². The molecule has 1 aliphatic carbocycles. The highest BCUT2D eigenvalue weighted by Gasteiger charge is 2.64. The summed E-state index contributed by atoms with van der Waals surface area (Å²) in [4.78, 5) is 37.3. The summed E-state index contributed by atoms with van der Waals surface area (Å²) in [6, 6.07) is 23.9. The molecule has 0 aliphatic heterocycles. The van der Waals surface area contributed by atoms with Crippen LogP contribution in [0, 0.1) is 0 Å². The molecule has 0 saturated carbocycles. The first-order chi connectivity index (χ1) is 15.4. The Balaban J connectivity index is 2.04. The van der Waals surface area contributed by atoms with Gasteiger partial charge in [0.2, 0.25) is 5.78 Å². The summed E-state index contributed by atoms with van der Waals surface area (Å²) in [5, 5.41) is 18.7. The van der Waals surface area contributed by atoms with Gasteiger partial charge >= 0.3 is 11.9 Å². The van der Waals surface area contributed by atoms with Crippen molar-refractivity contribution < 1.29 is 34.1 Å². The number of Topliss-reactive ketones (excluding diaryl/α,β-unsaturated/α-hetero) is 1. The standard InChI is InChI=1S/C25H20O7/c26-21(27)15-31-24(17-9-3-1-4-10-17)19-13-7-8-14-20(19)25(23(24)30,32-16-22(28)29)18-11-5-2-6-12-18/h1-14H,15-16H2,(H,26,27)(H,28,29). The lowest BCUT2D eigenvalue weighted by Crippen LogP contribution is -2.47. The number of carboxylic acid groups (broad SMARTS) is 2. The third-order valence-corrected chi connectivity index (χ3v) is 5.51. The quantitative estimate of drug-likeness (QED) is 0.563. The number of hydrogen-bond donors (Lipinski definition) is 2. The largest absolute Gasteiger partial charge is 0.480 e. The van der Waals surface area contributed by atoms with E-state index < -0.39 is 42.1 Å². The number of ketones is 1. The molecule has 1 aliphatic rings. The van der Waals surface area contributed by atoms with Gasteiger partial charge in [0, 0.05) is 11.1 Å². The first-order valence-corrected chi connectivity index (χ1v) is 9.90. The minimum absolute atomic E-state index is 0.409. The molecule has 162 valence electrons. The van der Waals surface area contributed by atoms with Crippen LogP contribution in [0.3, 0.4) is 0 Å². The highest BCUT2D eigenvalue weighted by atomic mass is 16.5. The molecule has 2 atom stereocenters. The van der Waals surface area contributed by atoms with Crippen molar-refractivity contribution in [2.45, 2.75) is 11.2 Å². The van der Waals surface area contributed by atoms with E-state index in [1.807, 2.05) is 0 Å². The maximum Gasteiger partial charge on any atom is 0.329 e. The van der Waals surface area contributed by atoms with Crippen molar-refractivity contribution >= 4 is 17.7 Å². The highest BCUT2D eigenvalue weighted by Crippen LogP contribution is 2.54. The monoisotopic (exact) mass is 432 g/mol. The number of rotatable bonds is 8. The van der Waals surface area contributed by atoms with Crippen molar-refractivity contribution in [2.75, 3.05) is 13.2 Å². The van der Waals surface area contributed by atoms with Crippen molar-refractivity contribution in [3.63, 3.8) is 0 Å². The first-order valence-electron chi connectivity index (χ1n) is 9.90. The fourth-order valence-electron chi connectivity index (χ4n) is 4.30. The Kier molecular flexibility index (Phi) is 5.61. The summed E-state index contributed by atoms with van der Waals surface area (Å²) in [6.45, 7) is -1.47. The van der Waals surface area contributed by atoms with E-state index in [2.05, 4.69) is 0 Å². The van der Waals surface area contributed by atoms with Crippen LogP contribution >= 0.6 is 0 Å². The Morgan fingerprint density at radius 1 is 0.625 bits per heavy atom. The van der Waals surface area contributed by atoms with Gasteiger partial charge in [0.1, 0.15) is 13.2 Å². The van der Waals surface area contributed by atoms with Gasteiger partial charge in [-0.3, -0.25) is 4.79 Å². The summed E-state index contributed by atoms with van der Waals surface area (Å²) in [5.74, 6) is -3.09. The second-order valence-corrected chi connectivity index (χ2v) is 7.33. The van der Waals surface area contributed by atoms with Gasteiger partial charge in [-0.25, -0.2) is 9.59 Å². The van der Waals surface area contributed by atoms with Crippen LogP contribution in [0.15, 0.2) is 84.9 Å². The Hall–Kier alpha value is -3.81. The topological polar surface area (TPSA) is 110 Å². The third-order valence-electron chi connectivity index (χ3n) is 5.51. The van der Waals surface area contributed by atoms with Gasteiger partial charge in [0.05, 0.1) is 0 Å². The van der Waals surface area contributed by atoms with E-state index in [-0.39, 0.29) is 0 Å². The molecule has 0 amide bonds. The number of fused-ring (bicyclic) bond motifs is 1. The molecule has 0 saturated heterocycles. The zero-order chi connectivity index (χ0) is 22.8. The van der Waals surface area contributed by atoms with Gasteiger partial charge in [0.15, 0.2) is 11.2 Å². The molecule has 32 heavy (non-hydrogen) atoms. The Morgan fingerprint density at radius 3 is 1.31 bits per heavy atom. The maximum atomic E-state index is 14.4. The average molecular weight is 432 g/mol. The van der Waals surface area contributed by atoms with Crippen LogP contribution in [-0.2, 0) is 35.1 Å². The molecule has 2 unspecified atom stereocenters. The van der Waals surface area contributed by atoms with Crippen molar-refractivity contribution in [1.29, 1.82) is 0 Å². The second kappa shape index (κ2) is 8.37. The number of benzene rings is 3. The predicted octanol–water partition coefficient (Wildman–Crippen LogP) is 2.96. The molecule has 0 aromatic heterocycles. The second-order valence-electron chi connectivity index (χ2n) is 7.33. The smallest absolute Gasteiger partial charge is 0.329 e. The minimum Gasteiger partial charge on any atom is -0.480 e. The molecule has 4 rings (SSSR count). The van der Waals surface area contributed by atoms with Crippen LogP contribution in [0.5, 0.6) is 0 Å². The van der Waals surface area contributed by atoms with E-state index in [4.69, 9.17) is 9.47 Å². The Morgan fingerprint density at radius 2 is 0.969 bits per heavy atom. The number of ether oxygens (including phenoxy) is 2. The predicted molar refractivity (Wildman–Crippen MR) is 113 cm³/mol. The highest BCUT2D eigenvalue weighted by molar-refractivity contribution is 6.07. The van der Waals surface area contributed by atoms with Crippen LogP contribution in [0.2, 0.25) is 0 Å². The minimum atomic E-state index is -1.80. The molecular formula is C25H20O7. The molecule has 7 heteroatoms. The Bertz CT molecular complexity index is 1070. The molecule has 0 fully saturated rings. The SMILES string of the molecule is O=C(O)COC1(c2ccccc2)C(=O)C(OCC(=O)O)(c2ccccc2)c2ccccc21. The van der Waals surface area contributed by atoms with E-state index in [1.165, 1.54) is 0 Å². The van der Waals surface area contributed by atoms with Crippen LogP contribution in [0.4, 0.5) is 0 Å². The molecule has 0 bridgehead atoms. The summed E-state index contributed by atoms with van der Waals surface area (Å²) in [6.07, 6.45) is 0. The van der Waals surface area contributed by atoms with Gasteiger partial charge in [-0.2, -0.15) is 0 Å². The fourth-order valence-corrected chi connectivity index (χ4v) is 4.30.